The molecule has 2 aliphatic heterocycles. The Morgan fingerprint density at radius 1 is 0.894 bits per heavy atom. The van der Waals surface area contributed by atoms with Gasteiger partial charge in [0, 0.05) is 73.9 Å². The maximum atomic E-state index is 15.7. The molecule has 0 spiro atoms. The normalized spacial score (nSPS) is 17.0. The lowest BCUT2D eigenvalue weighted by Crippen LogP contribution is -2.27. The number of rotatable bonds is 6. The Hall–Kier alpha value is -5.06. The van der Waals surface area contributed by atoms with Crippen molar-refractivity contribution in [3.05, 3.63) is 118 Å². The molecular weight excluding hydrogens is 614 g/mol. The van der Waals surface area contributed by atoms with Gasteiger partial charge in [0.15, 0.2) is 5.75 Å². The molecule has 4 aromatic carbocycles. The highest BCUT2D eigenvalue weighted by Gasteiger charge is 2.37. The first-order valence-electron chi connectivity index (χ1n) is 15.3. The molecule has 0 saturated carbocycles. The number of halogens is 4. The summed E-state index contributed by atoms with van der Waals surface area (Å²) in [6, 6.07) is 15.2. The highest BCUT2D eigenvalue weighted by molar-refractivity contribution is 6.02. The minimum atomic E-state index is -0.956. The number of imidazole rings is 1. The van der Waals surface area contributed by atoms with Crippen LogP contribution in [0.1, 0.15) is 63.3 Å². The molecule has 0 N–H and O–H groups in total. The van der Waals surface area contributed by atoms with Gasteiger partial charge in [0.05, 0.1) is 24.3 Å². The van der Waals surface area contributed by atoms with Crippen LogP contribution in [-0.2, 0) is 6.54 Å². The number of carbonyl (C=O) groups is 1. The van der Waals surface area contributed by atoms with Crippen LogP contribution >= 0.6 is 0 Å². The third kappa shape index (κ3) is 5.43. The van der Waals surface area contributed by atoms with E-state index in [-0.39, 0.29) is 65.9 Å². The zero-order valence-corrected chi connectivity index (χ0v) is 26.0. The molecule has 7 nitrogen and oxygen atoms in total. The van der Waals surface area contributed by atoms with Crippen molar-refractivity contribution in [2.75, 3.05) is 27.3 Å². The summed E-state index contributed by atoms with van der Waals surface area (Å²) >= 11 is 0. The number of benzene rings is 4. The second kappa shape index (κ2) is 11.9. The van der Waals surface area contributed by atoms with Gasteiger partial charge in [0.25, 0.3) is 5.91 Å². The minimum absolute atomic E-state index is 0.0146. The average molecular weight is 646 g/mol. The lowest BCUT2D eigenvalue weighted by molar-refractivity contribution is 0.0823. The van der Waals surface area contributed by atoms with Gasteiger partial charge in [-0.2, -0.15) is 0 Å². The second-order valence-corrected chi connectivity index (χ2v) is 12.0. The zero-order valence-electron chi connectivity index (χ0n) is 26.0. The van der Waals surface area contributed by atoms with Crippen molar-refractivity contribution >= 4 is 16.9 Å². The van der Waals surface area contributed by atoms with E-state index in [2.05, 4.69) is 0 Å². The number of hydrogen-bond acceptors (Lipinski definition) is 5. The average Bonchev–Trinajstić information content (AvgIpc) is 3.34. The van der Waals surface area contributed by atoms with Gasteiger partial charge in [-0.15, -0.1) is 0 Å². The molecule has 0 unspecified atom stereocenters. The number of fused-ring (bicyclic) bond motifs is 3. The molecule has 3 heterocycles. The Labute approximate surface area is 268 Å². The van der Waals surface area contributed by atoms with Crippen LogP contribution in [0.5, 0.6) is 17.2 Å². The fourth-order valence-electron chi connectivity index (χ4n) is 6.62. The molecule has 0 radical (unpaired) electrons. The van der Waals surface area contributed by atoms with Crippen molar-refractivity contribution in [3.8, 4) is 17.2 Å². The summed E-state index contributed by atoms with van der Waals surface area (Å²) in [7, 11) is 3.21. The number of carbonyl (C=O) groups excluding carboxylic acids is 1. The topological polar surface area (TPSA) is 65.8 Å². The van der Waals surface area contributed by atoms with Crippen LogP contribution in [0, 0.1) is 30.2 Å². The highest BCUT2D eigenvalue weighted by Crippen LogP contribution is 2.49. The minimum Gasteiger partial charge on any atom is -0.493 e. The summed E-state index contributed by atoms with van der Waals surface area (Å²) in [6.45, 7) is 2.49. The van der Waals surface area contributed by atoms with E-state index in [1.165, 1.54) is 4.90 Å². The molecule has 47 heavy (non-hydrogen) atoms. The van der Waals surface area contributed by atoms with Gasteiger partial charge >= 0.3 is 0 Å². The molecule has 242 valence electrons. The second-order valence-electron chi connectivity index (χ2n) is 12.0. The Balaban J connectivity index is 1.52. The molecule has 0 bridgehead atoms. The van der Waals surface area contributed by atoms with Gasteiger partial charge in [-0.1, -0.05) is 30.3 Å². The third-order valence-corrected chi connectivity index (χ3v) is 8.74. The van der Waals surface area contributed by atoms with Gasteiger partial charge in [-0.25, -0.2) is 22.5 Å². The Kier molecular flexibility index (Phi) is 7.77. The van der Waals surface area contributed by atoms with E-state index in [1.54, 1.807) is 20.2 Å². The summed E-state index contributed by atoms with van der Waals surface area (Å²) in [5, 5.41) is 0. The summed E-state index contributed by atoms with van der Waals surface area (Å²) in [4.78, 5) is 20.4. The third-order valence-electron chi connectivity index (χ3n) is 8.74. The van der Waals surface area contributed by atoms with Crippen molar-refractivity contribution < 1.29 is 36.6 Å². The maximum absolute atomic E-state index is 15.7. The van der Waals surface area contributed by atoms with Crippen molar-refractivity contribution in [3.63, 3.8) is 0 Å². The quantitative estimate of drug-likeness (QED) is 0.179. The van der Waals surface area contributed by atoms with E-state index >= 15 is 8.78 Å². The molecule has 11 heteroatoms. The molecule has 0 fully saturated rings. The molecule has 0 aliphatic carbocycles. The SMILES string of the molecule is Cc1nc2c(O[C@H]3CCOc4cc(F)cc(F)c43)c([C@H]3CCOc4cc(F)cc(F)c43)c(C(=O)N(C)C)cc2n1Cc1ccccc1. The van der Waals surface area contributed by atoms with Crippen molar-refractivity contribution in [1.29, 1.82) is 0 Å². The number of amides is 1. The van der Waals surface area contributed by atoms with Crippen LogP contribution in [0.25, 0.3) is 11.0 Å². The summed E-state index contributed by atoms with van der Waals surface area (Å²) in [5.74, 6) is -3.63. The van der Waals surface area contributed by atoms with Crippen molar-refractivity contribution in [2.24, 2.45) is 0 Å². The molecule has 7 rings (SSSR count). The van der Waals surface area contributed by atoms with Gasteiger partial charge in [-0.3, -0.25) is 4.79 Å². The number of aryl methyl sites for hydroxylation is 1. The summed E-state index contributed by atoms with van der Waals surface area (Å²) in [5.41, 5.74) is 2.61. The summed E-state index contributed by atoms with van der Waals surface area (Å²) in [6.07, 6.45) is -0.516. The molecular formula is C36H31F4N3O4. The van der Waals surface area contributed by atoms with Crippen LogP contribution in [0.3, 0.4) is 0 Å². The van der Waals surface area contributed by atoms with Crippen LogP contribution in [0.4, 0.5) is 17.6 Å². The Morgan fingerprint density at radius 3 is 2.21 bits per heavy atom. The molecule has 0 saturated heterocycles. The Bertz CT molecular complexity index is 2030. The molecule has 5 aromatic rings. The van der Waals surface area contributed by atoms with Crippen LogP contribution in [0.15, 0.2) is 60.7 Å². The zero-order chi connectivity index (χ0) is 33.0. The predicted octanol–water partition coefficient (Wildman–Crippen LogP) is 7.47. The standard InChI is InChI=1S/C36H31F4N3O4/c1-19-41-34-27(43(19)18-20-7-5-4-6-8-20)17-24(36(44)42(2)3)31(23-9-11-45-29-15-21(37)13-25(39)32(23)29)35(34)47-28-10-12-46-30-16-22(38)14-26(40)33(28)30/h4-8,13-17,23,28H,9-12,18H2,1-3H3/t23-,28+/m1/s1. The van der Waals surface area contributed by atoms with Crippen molar-refractivity contribution in [1.82, 2.24) is 14.5 Å². The first kappa shape index (κ1) is 30.6. The summed E-state index contributed by atoms with van der Waals surface area (Å²) < 4.78 is 79.6. The van der Waals surface area contributed by atoms with Gasteiger partial charge in [0.1, 0.15) is 52.2 Å². The number of ether oxygens (including phenoxy) is 3. The van der Waals surface area contributed by atoms with Gasteiger partial charge in [0.2, 0.25) is 0 Å². The molecule has 2 aliphatic rings. The van der Waals surface area contributed by atoms with E-state index in [1.807, 2.05) is 41.8 Å². The molecule has 2 atom stereocenters. The number of aromatic nitrogens is 2. The van der Waals surface area contributed by atoms with E-state index in [0.29, 0.717) is 29.0 Å². The van der Waals surface area contributed by atoms with Gasteiger partial charge < -0.3 is 23.7 Å². The lowest BCUT2D eigenvalue weighted by atomic mass is 9.82. The first-order chi connectivity index (χ1) is 22.6. The van der Waals surface area contributed by atoms with Gasteiger partial charge in [-0.05, 0) is 25.0 Å². The van der Waals surface area contributed by atoms with Crippen molar-refractivity contribution in [2.45, 2.75) is 38.3 Å². The van der Waals surface area contributed by atoms with Crippen LogP contribution in [0.2, 0.25) is 0 Å². The van der Waals surface area contributed by atoms with E-state index in [4.69, 9.17) is 19.2 Å². The number of hydrogen-bond donors (Lipinski definition) is 0. The molecule has 1 aromatic heterocycles. The Morgan fingerprint density at radius 2 is 1.53 bits per heavy atom. The first-order valence-corrected chi connectivity index (χ1v) is 15.3. The smallest absolute Gasteiger partial charge is 0.253 e. The van der Waals surface area contributed by atoms with E-state index < -0.39 is 35.3 Å². The number of nitrogens with zero attached hydrogens (tertiary/aromatic N) is 3. The fraction of sp³-hybridized carbons (Fsp3) is 0.278. The monoisotopic (exact) mass is 645 g/mol. The molecule has 1 amide bonds. The van der Waals surface area contributed by atoms with E-state index in [0.717, 1.165) is 29.8 Å². The predicted molar refractivity (Wildman–Crippen MR) is 166 cm³/mol. The maximum Gasteiger partial charge on any atom is 0.253 e. The van der Waals surface area contributed by atoms with E-state index in [9.17, 15) is 13.6 Å². The van der Waals surface area contributed by atoms with Crippen LogP contribution in [-0.4, -0.2) is 47.7 Å². The van der Waals surface area contributed by atoms with Crippen LogP contribution < -0.4 is 14.2 Å². The fourth-order valence-corrected chi connectivity index (χ4v) is 6.62. The highest BCUT2D eigenvalue weighted by atomic mass is 19.1. The largest absolute Gasteiger partial charge is 0.493 e. The lowest BCUT2D eigenvalue weighted by Gasteiger charge is -2.32.